The van der Waals surface area contributed by atoms with Crippen molar-refractivity contribution in [3.63, 3.8) is 0 Å². The van der Waals surface area contributed by atoms with Gasteiger partial charge in [-0.15, -0.1) is 0 Å². The molecule has 1 aliphatic heterocycles. The van der Waals surface area contributed by atoms with Gasteiger partial charge in [0, 0.05) is 30.8 Å². The van der Waals surface area contributed by atoms with Crippen LogP contribution in [0.2, 0.25) is 0 Å². The van der Waals surface area contributed by atoms with Crippen molar-refractivity contribution in [1.82, 2.24) is 4.98 Å². The first kappa shape index (κ1) is 17.5. The number of hydrogen-bond donors (Lipinski definition) is 2. The maximum Gasteiger partial charge on any atom is 0.198 e. The molecule has 0 radical (unpaired) electrons. The highest BCUT2D eigenvalue weighted by Crippen LogP contribution is 2.30. The van der Waals surface area contributed by atoms with Crippen LogP contribution in [0.15, 0.2) is 41.4 Å². The first-order chi connectivity index (χ1) is 13.0. The van der Waals surface area contributed by atoms with Gasteiger partial charge in [-0.25, -0.2) is 8.78 Å². The second kappa shape index (κ2) is 7.02. The van der Waals surface area contributed by atoms with Crippen molar-refractivity contribution in [2.75, 3.05) is 18.0 Å². The summed E-state index contributed by atoms with van der Waals surface area (Å²) in [6.45, 7) is 3.88. The van der Waals surface area contributed by atoms with Gasteiger partial charge in [-0.3, -0.25) is 4.99 Å². The van der Waals surface area contributed by atoms with Crippen molar-refractivity contribution in [1.29, 1.82) is 0 Å². The van der Waals surface area contributed by atoms with Gasteiger partial charge >= 0.3 is 0 Å². The number of halogens is 2. The Bertz CT molecular complexity index is 1010. The average molecular weight is 369 g/mol. The number of nitrogens with zero attached hydrogens (tertiary/aromatic N) is 2. The lowest BCUT2D eigenvalue weighted by atomic mass is 9.99. The number of nitrogens with one attached hydrogen (secondary N) is 1. The fraction of sp³-hybridized carbons (Fsp3) is 0.286. The second-order valence-corrected chi connectivity index (χ2v) is 7.14. The molecule has 1 atom stereocenters. The van der Waals surface area contributed by atoms with Crippen LogP contribution in [0.25, 0.3) is 10.9 Å². The van der Waals surface area contributed by atoms with Crippen molar-refractivity contribution in [3.8, 4) is 5.88 Å². The molecule has 4 rings (SSSR count). The average Bonchev–Trinajstić information content (AvgIpc) is 2.96. The molecular formula is C21H21F2N3O. The molecule has 0 bridgehead atoms. The van der Waals surface area contributed by atoms with E-state index in [1.165, 1.54) is 24.8 Å². The number of H-pyrrole nitrogens is 1. The highest BCUT2D eigenvalue weighted by atomic mass is 19.1. The number of benzene rings is 2. The van der Waals surface area contributed by atoms with Gasteiger partial charge in [0.25, 0.3) is 0 Å². The van der Waals surface area contributed by atoms with Crippen LogP contribution in [0.4, 0.5) is 20.2 Å². The number of piperidine rings is 1. The second-order valence-electron chi connectivity index (χ2n) is 7.14. The molecule has 0 spiro atoms. The summed E-state index contributed by atoms with van der Waals surface area (Å²) in [4.78, 5) is 9.02. The molecule has 1 saturated heterocycles. The van der Waals surface area contributed by atoms with Crippen molar-refractivity contribution >= 4 is 28.5 Å². The molecule has 3 aromatic rings. The van der Waals surface area contributed by atoms with Gasteiger partial charge < -0.3 is 15.0 Å². The molecular weight excluding hydrogens is 348 g/mol. The summed E-state index contributed by atoms with van der Waals surface area (Å²) in [5.74, 6) is -0.395. The molecule has 2 aromatic carbocycles. The summed E-state index contributed by atoms with van der Waals surface area (Å²) in [7, 11) is 0. The lowest BCUT2D eigenvalue weighted by molar-refractivity contribution is 0.442. The minimum Gasteiger partial charge on any atom is -0.494 e. The number of rotatable bonds is 3. The summed E-state index contributed by atoms with van der Waals surface area (Å²) in [5, 5.41) is 10.3. The van der Waals surface area contributed by atoms with Crippen molar-refractivity contribution in [3.05, 3.63) is 53.6 Å². The molecule has 6 heteroatoms. The molecule has 1 aliphatic rings. The number of hydrogen-bond acceptors (Lipinski definition) is 3. The smallest absolute Gasteiger partial charge is 0.198 e. The lowest BCUT2D eigenvalue weighted by Gasteiger charge is -2.33. The summed E-state index contributed by atoms with van der Waals surface area (Å²) in [5.41, 5.74) is 1.72. The van der Waals surface area contributed by atoms with E-state index in [-0.39, 0.29) is 22.6 Å². The summed E-state index contributed by atoms with van der Waals surface area (Å²) in [6.07, 6.45) is 3.59. The van der Waals surface area contributed by atoms with E-state index < -0.39 is 5.82 Å². The Balaban J connectivity index is 1.62. The first-order valence-electron chi connectivity index (χ1n) is 9.10. The Hall–Kier alpha value is -2.89. The molecule has 1 fully saturated rings. The fourth-order valence-electron chi connectivity index (χ4n) is 3.72. The number of aliphatic imine (C=N–C) groups is 1. The van der Waals surface area contributed by atoms with Gasteiger partial charge in [-0.1, -0.05) is 13.0 Å². The van der Waals surface area contributed by atoms with Crippen LogP contribution in [0.1, 0.15) is 25.3 Å². The highest BCUT2D eigenvalue weighted by Gasteiger charge is 2.19. The maximum atomic E-state index is 14.6. The van der Waals surface area contributed by atoms with Crippen LogP contribution in [0, 0.1) is 17.6 Å². The zero-order valence-corrected chi connectivity index (χ0v) is 15.0. The van der Waals surface area contributed by atoms with Crippen molar-refractivity contribution in [2.24, 2.45) is 10.9 Å². The zero-order chi connectivity index (χ0) is 19.0. The number of aromatic amines is 1. The maximum absolute atomic E-state index is 14.6. The molecule has 2 N–H and O–H groups in total. The Morgan fingerprint density at radius 1 is 1.22 bits per heavy atom. The number of fused-ring (bicyclic) bond motifs is 1. The standard InChI is InChI=1S/C21H21F2N3O/c1-13-4-3-9-26(12-13)19-8-7-14(10-17(19)23)24-11-15-20-16(22)5-2-6-18(20)25-21(15)27/h2,5-8,10-11,13,25,27H,3-4,9,12H2,1H3. The fourth-order valence-corrected chi connectivity index (χ4v) is 3.72. The van der Waals surface area contributed by atoms with Gasteiger partial charge in [0.2, 0.25) is 0 Å². The third-order valence-electron chi connectivity index (χ3n) is 5.06. The van der Waals surface area contributed by atoms with E-state index >= 15 is 0 Å². The van der Waals surface area contributed by atoms with Crippen LogP contribution >= 0.6 is 0 Å². The van der Waals surface area contributed by atoms with Crippen LogP contribution in [0.5, 0.6) is 5.88 Å². The third-order valence-corrected chi connectivity index (χ3v) is 5.06. The first-order valence-corrected chi connectivity index (χ1v) is 9.10. The Kier molecular flexibility index (Phi) is 4.56. The summed E-state index contributed by atoms with van der Waals surface area (Å²) >= 11 is 0. The largest absolute Gasteiger partial charge is 0.494 e. The zero-order valence-electron chi connectivity index (χ0n) is 15.0. The lowest BCUT2D eigenvalue weighted by Crippen LogP contribution is -2.34. The van der Waals surface area contributed by atoms with Crippen molar-refractivity contribution in [2.45, 2.75) is 19.8 Å². The van der Waals surface area contributed by atoms with E-state index in [4.69, 9.17) is 0 Å². The molecule has 1 unspecified atom stereocenters. The molecule has 0 saturated carbocycles. The molecule has 1 aromatic heterocycles. The van der Waals surface area contributed by atoms with Crippen LogP contribution in [0.3, 0.4) is 0 Å². The number of anilines is 1. The van der Waals surface area contributed by atoms with Crippen LogP contribution in [-0.4, -0.2) is 29.4 Å². The minimum absolute atomic E-state index is 0.168. The van der Waals surface area contributed by atoms with E-state index in [1.54, 1.807) is 24.3 Å². The molecule has 4 nitrogen and oxygen atoms in total. The SMILES string of the molecule is CC1CCCN(c2ccc(N=Cc3c(O)[nH]c4cccc(F)c34)cc2F)C1. The topological polar surface area (TPSA) is 51.6 Å². The molecule has 2 heterocycles. The summed E-state index contributed by atoms with van der Waals surface area (Å²) in [6, 6.07) is 9.38. The predicted octanol–water partition coefficient (Wildman–Crippen LogP) is 5.14. The van der Waals surface area contributed by atoms with Gasteiger partial charge in [0.05, 0.1) is 22.5 Å². The Morgan fingerprint density at radius 3 is 2.85 bits per heavy atom. The molecule has 140 valence electrons. The van der Waals surface area contributed by atoms with Crippen LogP contribution < -0.4 is 4.90 Å². The molecule has 0 aliphatic carbocycles. The van der Waals surface area contributed by atoms with E-state index in [9.17, 15) is 13.9 Å². The van der Waals surface area contributed by atoms with Gasteiger partial charge in [0.1, 0.15) is 11.6 Å². The number of aromatic hydroxyl groups is 1. The highest BCUT2D eigenvalue weighted by molar-refractivity contribution is 6.02. The van der Waals surface area contributed by atoms with E-state index in [0.717, 1.165) is 19.5 Å². The predicted molar refractivity (Wildman–Crippen MR) is 104 cm³/mol. The normalized spacial score (nSPS) is 17.9. The molecule has 27 heavy (non-hydrogen) atoms. The van der Waals surface area contributed by atoms with E-state index in [1.807, 2.05) is 0 Å². The third kappa shape index (κ3) is 3.39. The van der Waals surface area contributed by atoms with Gasteiger partial charge in [-0.05, 0) is 43.0 Å². The van der Waals surface area contributed by atoms with Crippen molar-refractivity contribution < 1.29 is 13.9 Å². The van der Waals surface area contributed by atoms with Crippen LogP contribution in [-0.2, 0) is 0 Å². The quantitative estimate of drug-likeness (QED) is 0.628. The van der Waals surface area contributed by atoms with E-state index in [2.05, 4.69) is 21.8 Å². The summed E-state index contributed by atoms with van der Waals surface area (Å²) < 4.78 is 28.7. The van der Waals surface area contributed by atoms with E-state index in [0.29, 0.717) is 22.8 Å². The molecule has 0 amide bonds. The van der Waals surface area contributed by atoms with Gasteiger partial charge in [-0.2, -0.15) is 0 Å². The number of aromatic nitrogens is 1. The monoisotopic (exact) mass is 369 g/mol. The minimum atomic E-state index is -0.453. The Labute approximate surface area is 156 Å². The Morgan fingerprint density at radius 2 is 2.07 bits per heavy atom. The van der Waals surface area contributed by atoms with Gasteiger partial charge in [0.15, 0.2) is 5.88 Å².